The number of aromatic nitrogens is 4. The molecule has 2 aliphatic heterocycles. The second-order valence-corrected chi connectivity index (χ2v) is 6.90. The molecule has 0 amide bonds. The van der Waals surface area contributed by atoms with Gasteiger partial charge in [0.05, 0.1) is 24.4 Å². The van der Waals surface area contributed by atoms with Gasteiger partial charge in [-0.25, -0.2) is 13.5 Å². The van der Waals surface area contributed by atoms with E-state index in [0.717, 1.165) is 24.3 Å². The molecule has 6 nitrogen and oxygen atoms in total. The number of hydrogen-bond donors (Lipinski definition) is 0. The van der Waals surface area contributed by atoms with Crippen LogP contribution in [-0.4, -0.2) is 44.1 Å². The Balaban J connectivity index is 0.00000192. The number of halogens is 3. The van der Waals surface area contributed by atoms with Gasteiger partial charge in [0, 0.05) is 25.8 Å². The Bertz CT molecular complexity index is 981. The van der Waals surface area contributed by atoms with Gasteiger partial charge in [-0.15, -0.1) is 17.5 Å². The standard InChI is InChI=1S/C19H17F2N5O.ClH/c20-13-5-3-12(4-6-13)8-25-9-15-17(10-25)27-11-16-19(23-24-26(15)16)18-14(21)2-1-7-22-18;/h1-7,15,17H,8-11H2;1H/t15-,17-;/m1./s1. The molecule has 28 heavy (non-hydrogen) atoms. The van der Waals surface area contributed by atoms with Crippen LogP contribution in [0.3, 0.4) is 0 Å². The molecule has 0 aliphatic carbocycles. The number of pyridine rings is 1. The van der Waals surface area contributed by atoms with Crippen LogP contribution in [0.25, 0.3) is 11.4 Å². The van der Waals surface area contributed by atoms with E-state index < -0.39 is 5.82 Å². The Morgan fingerprint density at radius 3 is 2.68 bits per heavy atom. The maximum absolute atomic E-state index is 14.1. The summed E-state index contributed by atoms with van der Waals surface area (Å²) in [7, 11) is 0. The van der Waals surface area contributed by atoms with E-state index in [4.69, 9.17) is 4.74 Å². The number of rotatable bonds is 3. The summed E-state index contributed by atoms with van der Waals surface area (Å²) in [5.41, 5.74) is 2.42. The lowest BCUT2D eigenvalue weighted by molar-refractivity contribution is -0.00495. The molecule has 9 heteroatoms. The molecule has 0 bridgehead atoms. The molecule has 2 atom stereocenters. The zero-order valence-electron chi connectivity index (χ0n) is 14.8. The Morgan fingerprint density at radius 1 is 1.07 bits per heavy atom. The Hall–Kier alpha value is -2.42. The summed E-state index contributed by atoms with van der Waals surface area (Å²) in [5.74, 6) is -0.661. The summed E-state index contributed by atoms with van der Waals surface area (Å²) in [4.78, 5) is 6.36. The van der Waals surface area contributed by atoms with Crippen LogP contribution in [0.15, 0.2) is 42.6 Å². The summed E-state index contributed by atoms with van der Waals surface area (Å²) in [6.45, 7) is 2.53. The van der Waals surface area contributed by atoms with Gasteiger partial charge in [0.25, 0.3) is 0 Å². The third kappa shape index (κ3) is 3.28. The summed E-state index contributed by atoms with van der Waals surface area (Å²) < 4.78 is 35.1. The molecule has 3 aromatic rings. The minimum Gasteiger partial charge on any atom is -0.368 e. The maximum Gasteiger partial charge on any atom is 0.151 e. The second-order valence-electron chi connectivity index (χ2n) is 6.90. The van der Waals surface area contributed by atoms with Gasteiger partial charge in [0.2, 0.25) is 0 Å². The van der Waals surface area contributed by atoms with Gasteiger partial charge in [-0.3, -0.25) is 9.88 Å². The number of benzene rings is 1. The van der Waals surface area contributed by atoms with Crippen molar-refractivity contribution in [3.8, 4) is 11.4 Å². The predicted octanol–water partition coefficient (Wildman–Crippen LogP) is 3.00. The van der Waals surface area contributed by atoms with Gasteiger partial charge in [-0.1, -0.05) is 17.3 Å². The molecule has 0 radical (unpaired) electrons. The molecule has 4 heterocycles. The first-order valence-electron chi connectivity index (χ1n) is 8.82. The molecule has 5 rings (SSSR count). The van der Waals surface area contributed by atoms with Gasteiger partial charge >= 0.3 is 0 Å². The summed E-state index contributed by atoms with van der Waals surface area (Å²) >= 11 is 0. The average Bonchev–Trinajstić information content (AvgIpc) is 3.27. The van der Waals surface area contributed by atoms with E-state index >= 15 is 0 Å². The zero-order valence-corrected chi connectivity index (χ0v) is 15.6. The van der Waals surface area contributed by atoms with Crippen molar-refractivity contribution in [1.29, 1.82) is 0 Å². The highest BCUT2D eigenvalue weighted by molar-refractivity contribution is 5.85. The Labute approximate surface area is 166 Å². The summed E-state index contributed by atoms with van der Waals surface area (Å²) in [5, 5.41) is 8.45. The third-order valence-electron chi connectivity index (χ3n) is 5.15. The largest absolute Gasteiger partial charge is 0.368 e. The van der Waals surface area contributed by atoms with E-state index in [1.54, 1.807) is 18.2 Å². The first-order chi connectivity index (χ1) is 13.2. The van der Waals surface area contributed by atoms with Gasteiger partial charge in [0.1, 0.15) is 17.2 Å². The third-order valence-corrected chi connectivity index (χ3v) is 5.15. The fraction of sp³-hybridized carbons (Fsp3) is 0.316. The van der Waals surface area contributed by atoms with Crippen LogP contribution in [0.1, 0.15) is 17.3 Å². The summed E-state index contributed by atoms with van der Waals surface area (Å²) in [6, 6.07) is 9.45. The van der Waals surface area contributed by atoms with E-state index in [2.05, 4.69) is 20.2 Å². The minimum absolute atomic E-state index is 0. The van der Waals surface area contributed by atoms with Crippen molar-refractivity contribution in [2.75, 3.05) is 13.1 Å². The lowest BCUT2D eigenvalue weighted by Crippen LogP contribution is -2.32. The number of hydrogen-bond acceptors (Lipinski definition) is 5. The van der Waals surface area contributed by atoms with Crippen LogP contribution in [0.2, 0.25) is 0 Å². The maximum atomic E-state index is 14.1. The normalized spacial score (nSPS) is 21.1. The monoisotopic (exact) mass is 405 g/mol. The molecule has 0 spiro atoms. The zero-order chi connectivity index (χ0) is 18.4. The van der Waals surface area contributed by atoms with Crippen molar-refractivity contribution in [1.82, 2.24) is 24.9 Å². The first-order valence-corrected chi connectivity index (χ1v) is 8.82. The summed E-state index contributed by atoms with van der Waals surface area (Å²) in [6.07, 6.45) is 1.54. The van der Waals surface area contributed by atoms with Crippen LogP contribution < -0.4 is 0 Å². The molecule has 146 valence electrons. The molecular weight excluding hydrogens is 388 g/mol. The lowest BCUT2D eigenvalue weighted by atomic mass is 10.1. The van der Waals surface area contributed by atoms with E-state index in [1.807, 2.05) is 4.68 Å². The Morgan fingerprint density at radius 2 is 1.89 bits per heavy atom. The molecule has 1 fully saturated rings. The number of ether oxygens (including phenoxy) is 1. The fourth-order valence-corrected chi connectivity index (χ4v) is 3.85. The SMILES string of the molecule is Cl.Fc1ccc(CN2C[C@@H]3[C@@H](C2)OCc2c(-c4ncccc4F)nnn23)cc1. The molecule has 2 aromatic heterocycles. The van der Waals surface area contributed by atoms with Crippen molar-refractivity contribution in [3.05, 3.63) is 65.5 Å². The highest BCUT2D eigenvalue weighted by Crippen LogP contribution is 2.34. The van der Waals surface area contributed by atoms with Gasteiger partial charge < -0.3 is 4.74 Å². The van der Waals surface area contributed by atoms with Crippen LogP contribution in [0.5, 0.6) is 0 Å². The highest BCUT2D eigenvalue weighted by atomic mass is 35.5. The molecular formula is C19H18ClF2N5O. The van der Waals surface area contributed by atoms with E-state index in [1.165, 1.54) is 24.4 Å². The van der Waals surface area contributed by atoms with Crippen molar-refractivity contribution < 1.29 is 13.5 Å². The van der Waals surface area contributed by atoms with E-state index in [-0.39, 0.29) is 36.1 Å². The molecule has 1 aromatic carbocycles. The molecule has 1 saturated heterocycles. The quantitative estimate of drug-likeness (QED) is 0.670. The van der Waals surface area contributed by atoms with E-state index in [9.17, 15) is 8.78 Å². The topological polar surface area (TPSA) is 56.1 Å². The van der Waals surface area contributed by atoms with Crippen molar-refractivity contribution in [3.63, 3.8) is 0 Å². The van der Waals surface area contributed by atoms with Crippen molar-refractivity contribution >= 4 is 12.4 Å². The van der Waals surface area contributed by atoms with Gasteiger partial charge in [-0.2, -0.15) is 0 Å². The minimum atomic E-state index is -0.424. The molecule has 0 saturated carbocycles. The average molecular weight is 406 g/mol. The van der Waals surface area contributed by atoms with Crippen LogP contribution in [-0.2, 0) is 17.9 Å². The molecule has 0 unspecified atom stereocenters. The van der Waals surface area contributed by atoms with E-state index in [0.29, 0.717) is 18.8 Å². The molecule has 2 aliphatic rings. The lowest BCUT2D eigenvalue weighted by Gasteiger charge is -2.26. The Kier molecular flexibility index (Phi) is 5.09. The van der Waals surface area contributed by atoms with Crippen LogP contribution in [0, 0.1) is 11.6 Å². The smallest absolute Gasteiger partial charge is 0.151 e. The second kappa shape index (κ2) is 7.54. The predicted molar refractivity (Wildman–Crippen MR) is 99.8 cm³/mol. The van der Waals surface area contributed by atoms with Crippen molar-refractivity contribution in [2.45, 2.75) is 25.3 Å². The first kappa shape index (κ1) is 18.9. The van der Waals surface area contributed by atoms with Crippen LogP contribution in [0.4, 0.5) is 8.78 Å². The fourth-order valence-electron chi connectivity index (χ4n) is 3.85. The number of fused-ring (bicyclic) bond motifs is 3. The number of nitrogens with zero attached hydrogens (tertiary/aromatic N) is 5. The highest BCUT2D eigenvalue weighted by Gasteiger charge is 2.41. The molecule has 0 N–H and O–H groups in total. The van der Waals surface area contributed by atoms with Gasteiger partial charge in [-0.05, 0) is 29.8 Å². The van der Waals surface area contributed by atoms with Crippen molar-refractivity contribution in [2.24, 2.45) is 0 Å². The van der Waals surface area contributed by atoms with Gasteiger partial charge in [0.15, 0.2) is 5.82 Å². The van der Waals surface area contributed by atoms with Crippen LogP contribution >= 0.6 is 12.4 Å². The number of likely N-dealkylation sites (tertiary alicyclic amines) is 1.